The Bertz CT molecular complexity index is 749. The Morgan fingerprint density at radius 1 is 1.22 bits per heavy atom. The van der Waals surface area contributed by atoms with Gasteiger partial charge in [-0.2, -0.15) is 0 Å². The monoisotopic (exact) mass is 409 g/mol. The summed E-state index contributed by atoms with van der Waals surface area (Å²) in [5, 5.41) is 14.6. The molecule has 1 heterocycles. The van der Waals surface area contributed by atoms with Crippen LogP contribution in [0.5, 0.6) is 5.75 Å². The zero-order valence-corrected chi connectivity index (χ0v) is 17.2. The summed E-state index contributed by atoms with van der Waals surface area (Å²) in [5.41, 5.74) is 0.654. The number of ether oxygens (including phenoxy) is 1. The van der Waals surface area contributed by atoms with E-state index in [0.29, 0.717) is 34.5 Å². The topological polar surface area (TPSA) is 96.5 Å². The molecular weight excluding hydrogens is 386 g/mol. The lowest BCUT2D eigenvalue weighted by Crippen LogP contribution is -2.32. The van der Waals surface area contributed by atoms with Crippen molar-refractivity contribution in [2.45, 2.75) is 5.75 Å². The Kier molecular flexibility index (Phi) is 8.49. The molecule has 0 fully saturated rings. The number of carbonyl (C=O) groups is 2. The van der Waals surface area contributed by atoms with Gasteiger partial charge in [0.2, 0.25) is 10.9 Å². The van der Waals surface area contributed by atoms with Crippen molar-refractivity contribution in [2.75, 3.05) is 45.4 Å². The highest BCUT2D eigenvalue weighted by atomic mass is 32.2. The molecule has 1 aromatic carbocycles. The van der Waals surface area contributed by atoms with E-state index < -0.39 is 0 Å². The number of amides is 2. The van der Waals surface area contributed by atoms with E-state index in [1.165, 1.54) is 23.1 Å². The van der Waals surface area contributed by atoms with Crippen LogP contribution in [0.25, 0.3) is 0 Å². The minimum atomic E-state index is -0.310. The largest absolute Gasteiger partial charge is 0.497 e. The molecule has 2 N–H and O–H groups in total. The van der Waals surface area contributed by atoms with E-state index in [2.05, 4.69) is 20.8 Å². The first-order valence-corrected chi connectivity index (χ1v) is 10.2. The predicted molar refractivity (Wildman–Crippen MR) is 109 cm³/mol. The van der Waals surface area contributed by atoms with E-state index >= 15 is 0 Å². The van der Waals surface area contributed by atoms with Gasteiger partial charge in [0.1, 0.15) is 10.8 Å². The number of nitrogens with zero attached hydrogens (tertiary/aromatic N) is 3. The van der Waals surface area contributed by atoms with Gasteiger partial charge in [0.25, 0.3) is 5.91 Å². The first-order valence-electron chi connectivity index (χ1n) is 8.25. The number of carbonyl (C=O) groups excluding carboxylic acids is 2. The van der Waals surface area contributed by atoms with Crippen molar-refractivity contribution >= 4 is 40.6 Å². The fourth-order valence-electron chi connectivity index (χ4n) is 1.96. The third-order valence-electron chi connectivity index (χ3n) is 3.35. The smallest absolute Gasteiger partial charge is 0.286 e. The second-order valence-electron chi connectivity index (χ2n) is 5.83. The molecule has 2 amide bonds. The van der Waals surface area contributed by atoms with Gasteiger partial charge in [-0.3, -0.25) is 9.59 Å². The molecule has 0 atom stereocenters. The molecule has 0 aliphatic heterocycles. The van der Waals surface area contributed by atoms with Crippen LogP contribution in [0.4, 0.5) is 5.69 Å². The van der Waals surface area contributed by atoms with Gasteiger partial charge in [-0.1, -0.05) is 11.3 Å². The summed E-state index contributed by atoms with van der Waals surface area (Å²) in [6.07, 6.45) is 0. The second-order valence-corrected chi connectivity index (χ2v) is 7.88. The van der Waals surface area contributed by atoms with E-state index in [9.17, 15) is 9.59 Å². The summed E-state index contributed by atoms with van der Waals surface area (Å²) in [6, 6.07) is 7.04. The minimum Gasteiger partial charge on any atom is -0.497 e. The van der Waals surface area contributed by atoms with Crippen LogP contribution in [-0.4, -0.2) is 67.0 Å². The molecule has 0 unspecified atom stereocenters. The zero-order valence-electron chi connectivity index (χ0n) is 15.5. The van der Waals surface area contributed by atoms with Gasteiger partial charge in [-0.25, -0.2) is 0 Å². The van der Waals surface area contributed by atoms with E-state index in [4.69, 9.17) is 4.74 Å². The van der Waals surface area contributed by atoms with Crippen LogP contribution < -0.4 is 15.4 Å². The fraction of sp³-hybridized carbons (Fsp3) is 0.412. The molecule has 0 aliphatic rings. The van der Waals surface area contributed by atoms with E-state index in [0.717, 1.165) is 6.54 Å². The Morgan fingerprint density at radius 2 is 1.96 bits per heavy atom. The van der Waals surface area contributed by atoms with E-state index in [1.54, 1.807) is 31.4 Å². The minimum absolute atomic E-state index is 0.0103. The quantitative estimate of drug-likeness (QED) is 0.617. The average molecular weight is 410 g/mol. The molecule has 2 aromatic rings. The van der Waals surface area contributed by atoms with Gasteiger partial charge >= 0.3 is 0 Å². The zero-order chi connectivity index (χ0) is 19.6. The Labute approximate surface area is 166 Å². The lowest BCUT2D eigenvalue weighted by Gasteiger charge is -2.09. The number of rotatable bonds is 10. The summed E-state index contributed by atoms with van der Waals surface area (Å²) >= 11 is 2.67. The molecule has 146 valence electrons. The maximum Gasteiger partial charge on any atom is 0.286 e. The van der Waals surface area contributed by atoms with Crippen molar-refractivity contribution in [3.8, 4) is 5.75 Å². The van der Waals surface area contributed by atoms with Crippen LogP contribution >= 0.6 is 23.1 Å². The van der Waals surface area contributed by atoms with Crippen molar-refractivity contribution in [2.24, 2.45) is 0 Å². The number of benzene rings is 1. The maximum atomic E-state index is 12.2. The molecule has 2 rings (SSSR count). The molecule has 0 aliphatic carbocycles. The first kappa shape index (κ1) is 21.1. The molecule has 0 bridgehead atoms. The highest BCUT2D eigenvalue weighted by molar-refractivity contribution is 7.99. The highest BCUT2D eigenvalue weighted by Crippen LogP contribution is 2.19. The normalized spacial score (nSPS) is 10.7. The molecule has 27 heavy (non-hydrogen) atoms. The van der Waals surface area contributed by atoms with Crippen molar-refractivity contribution < 1.29 is 14.3 Å². The maximum absolute atomic E-state index is 12.2. The Balaban J connectivity index is 1.75. The molecule has 10 heteroatoms. The molecule has 8 nitrogen and oxygen atoms in total. The van der Waals surface area contributed by atoms with Crippen molar-refractivity contribution in [3.05, 3.63) is 34.3 Å². The fourth-order valence-corrected chi connectivity index (χ4v) is 3.60. The van der Waals surface area contributed by atoms with Crippen LogP contribution in [0.15, 0.2) is 24.3 Å². The number of likely N-dealkylation sites (N-methyl/N-ethyl adjacent to an activating group) is 1. The third kappa shape index (κ3) is 7.53. The average Bonchev–Trinajstić information content (AvgIpc) is 3.11. The van der Waals surface area contributed by atoms with Crippen LogP contribution in [0.2, 0.25) is 0 Å². The van der Waals surface area contributed by atoms with Gasteiger partial charge in [-0.05, 0) is 38.4 Å². The van der Waals surface area contributed by atoms with Crippen LogP contribution in [0, 0.1) is 0 Å². The van der Waals surface area contributed by atoms with E-state index in [1.807, 2.05) is 19.0 Å². The Morgan fingerprint density at radius 3 is 2.63 bits per heavy atom. The molecule has 0 saturated heterocycles. The number of nitrogens with one attached hydrogen (secondary N) is 2. The van der Waals surface area contributed by atoms with Gasteiger partial charge in [-0.15, -0.1) is 22.0 Å². The lowest BCUT2D eigenvalue weighted by atomic mass is 10.3. The van der Waals surface area contributed by atoms with Crippen molar-refractivity contribution in [1.82, 2.24) is 20.4 Å². The molecular formula is C17H23N5O3S2. The van der Waals surface area contributed by atoms with Crippen molar-refractivity contribution in [3.63, 3.8) is 0 Å². The standard InChI is InChI=1S/C17H23N5O3S2/c1-22(2)9-8-18-14(23)10-26-11-15-20-21-17(27-15)16(24)19-12-4-6-13(25-3)7-5-12/h4-7H,8-11H2,1-3H3,(H,18,23)(H,19,24). The van der Waals surface area contributed by atoms with Crippen LogP contribution in [0.3, 0.4) is 0 Å². The Hall–Kier alpha value is -2.17. The number of aromatic nitrogens is 2. The number of hydrogen-bond donors (Lipinski definition) is 2. The molecule has 0 radical (unpaired) electrons. The summed E-state index contributed by atoms with van der Waals surface area (Å²) in [5.74, 6) is 1.28. The SMILES string of the molecule is COc1ccc(NC(=O)c2nnc(CSCC(=O)NCCN(C)C)s2)cc1. The number of thioether (sulfide) groups is 1. The summed E-state index contributed by atoms with van der Waals surface area (Å²) in [6.45, 7) is 1.43. The molecule has 0 spiro atoms. The lowest BCUT2D eigenvalue weighted by molar-refractivity contribution is -0.118. The predicted octanol–water partition coefficient (Wildman–Crippen LogP) is 1.71. The summed E-state index contributed by atoms with van der Waals surface area (Å²) in [4.78, 5) is 26.0. The first-order chi connectivity index (χ1) is 13.0. The number of anilines is 1. The van der Waals surface area contributed by atoms with Gasteiger partial charge in [0.15, 0.2) is 0 Å². The van der Waals surface area contributed by atoms with Crippen LogP contribution in [0.1, 0.15) is 14.8 Å². The highest BCUT2D eigenvalue weighted by Gasteiger charge is 2.13. The van der Waals surface area contributed by atoms with Crippen molar-refractivity contribution in [1.29, 1.82) is 0 Å². The number of hydrogen-bond acceptors (Lipinski definition) is 8. The van der Waals surface area contributed by atoms with Gasteiger partial charge < -0.3 is 20.3 Å². The van der Waals surface area contributed by atoms with Gasteiger partial charge in [0.05, 0.1) is 12.9 Å². The third-order valence-corrected chi connectivity index (χ3v) is 5.40. The van der Waals surface area contributed by atoms with Crippen LogP contribution in [-0.2, 0) is 10.5 Å². The molecule has 1 aromatic heterocycles. The number of methoxy groups -OCH3 is 1. The van der Waals surface area contributed by atoms with E-state index in [-0.39, 0.29) is 16.8 Å². The molecule has 0 saturated carbocycles. The summed E-state index contributed by atoms with van der Waals surface area (Å²) in [7, 11) is 5.50. The summed E-state index contributed by atoms with van der Waals surface area (Å²) < 4.78 is 5.08. The second kappa shape index (κ2) is 10.9. The van der Waals surface area contributed by atoms with Gasteiger partial charge in [0, 0.05) is 24.5 Å².